The van der Waals surface area contributed by atoms with Gasteiger partial charge in [0.25, 0.3) is 0 Å². The molecule has 0 heterocycles. The van der Waals surface area contributed by atoms with E-state index >= 15 is 0 Å². The van der Waals surface area contributed by atoms with Crippen molar-refractivity contribution in [1.82, 2.24) is 5.43 Å². The molecule has 8 nitrogen and oxygen atoms in total. The molecule has 0 radical (unpaired) electrons. The summed E-state index contributed by atoms with van der Waals surface area (Å²) >= 11 is 0. The van der Waals surface area contributed by atoms with Gasteiger partial charge in [0, 0.05) is 0 Å². The molecule has 130 valence electrons. The zero-order chi connectivity index (χ0) is 18.2. The molecule has 0 aromatic heterocycles. The van der Waals surface area contributed by atoms with Crippen molar-refractivity contribution in [3.63, 3.8) is 0 Å². The number of rotatable bonds is 6. The summed E-state index contributed by atoms with van der Waals surface area (Å²) in [6.45, 7) is 3.00. The molecule has 0 fully saturated rings. The van der Waals surface area contributed by atoms with Crippen molar-refractivity contribution < 1.29 is 27.5 Å². The third-order valence-corrected chi connectivity index (χ3v) is 4.21. The van der Waals surface area contributed by atoms with Crippen molar-refractivity contribution in [3.05, 3.63) is 41.3 Å². The van der Waals surface area contributed by atoms with Crippen molar-refractivity contribution in [1.29, 1.82) is 0 Å². The molecule has 0 spiro atoms. The van der Waals surface area contributed by atoms with Crippen molar-refractivity contribution in [2.45, 2.75) is 18.7 Å². The van der Waals surface area contributed by atoms with Crippen molar-refractivity contribution in [3.8, 4) is 0 Å². The van der Waals surface area contributed by atoms with Crippen molar-refractivity contribution in [2.75, 3.05) is 13.7 Å². The smallest absolute Gasteiger partial charge is 0.427 e. The van der Waals surface area contributed by atoms with Crippen LogP contribution < -0.4 is 5.43 Å². The summed E-state index contributed by atoms with van der Waals surface area (Å²) in [5.74, 6) is -0.870. The van der Waals surface area contributed by atoms with Gasteiger partial charge in [-0.2, -0.15) is 5.10 Å². The molecule has 0 bridgehead atoms. The lowest BCUT2D eigenvalue weighted by molar-refractivity contribution is -0.137. The minimum Gasteiger partial charge on any atom is -0.462 e. The fraction of sp³-hybridized carbons (Fsp3) is 0.267. The monoisotopic (exact) mass is 354 g/mol. The van der Waals surface area contributed by atoms with E-state index in [2.05, 4.69) is 9.84 Å². The van der Waals surface area contributed by atoms with Crippen LogP contribution in [0.2, 0.25) is 0 Å². The second kappa shape index (κ2) is 8.82. The minimum atomic E-state index is -3.90. The number of esters is 1. The number of amides is 1. The molecular weight excluding hydrogens is 336 g/mol. The molecule has 1 N–H and O–H groups in total. The van der Waals surface area contributed by atoms with Crippen LogP contribution in [0.5, 0.6) is 0 Å². The molecule has 0 atom stereocenters. The van der Waals surface area contributed by atoms with Gasteiger partial charge in [0.15, 0.2) is 0 Å². The topological polar surface area (TPSA) is 111 Å². The molecule has 1 aromatic carbocycles. The number of carbonyl (C=O) groups excluding carboxylic acids is 2. The fourth-order valence-electron chi connectivity index (χ4n) is 1.56. The minimum absolute atomic E-state index is 0.0144. The largest absolute Gasteiger partial charge is 0.462 e. The molecule has 0 unspecified atom stereocenters. The highest BCUT2D eigenvalue weighted by Gasteiger charge is 2.20. The lowest BCUT2D eigenvalue weighted by Gasteiger charge is -2.08. The van der Waals surface area contributed by atoms with Gasteiger partial charge in [-0.15, -0.1) is 0 Å². The summed E-state index contributed by atoms with van der Waals surface area (Å²) in [5, 5.41) is 4.40. The van der Waals surface area contributed by atoms with Gasteiger partial charge in [0.05, 0.1) is 35.3 Å². The van der Waals surface area contributed by atoms with Crippen molar-refractivity contribution in [2.24, 2.45) is 5.10 Å². The van der Waals surface area contributed by atoms with Crippen LogP contribution in [0, 0.1) is 0 Å². The Morgan fingerprint density at radius 1 is 1.25 bits per heavy atom. The molecule has 9 heteroatoms. The van der Waals surface area contributed by atoms with E-state index < -0.39 is 21.9 Å². The summed E-state index contributed by atoms with van der Waals surface area (Å²) in [6, 6.07) is 7.58. The van der Waals surface area contributed by atoms with E-state index in [-0.39, 0.29) is 22.8 Å². The number of hydrazone groups is 1. The maximum Gasteiger partial charge on any atom is 0.427 e. The molecule has 0 aliphatic heterocycles. The first-order valence-corrected chi connectivity index (χ1v) is 8.44. The first kappa shape index (κ1) is 19.4. The van der Waals surface area contributed by atoms with E-state index in [9.17, 15) is 18.0 Å². The maximum atomic E-state index is 12.4. The fourth-order valence-corrected chi connectivity index (χ4v) is 2.81. The summed E-state index contributed by atoms with van der Waals surface area (Å²) in [4.78, 5) is 23.1. The first-order chi connectivity index (χ1) is 11.3. The van der Waals surface area contributed by atoms with E-state index in [1.807, 2.05) is 5.43 Å². The van der Waals surface area contributed by atoms with Gasteiger partial charge in [0.2, 0.25) is 9.84 Å². The Labute approximate surface area is 140 Å². The van der Waals surface area contributed by atoms with Crippen LogP contribution in [-0.2, 0) is 24.1 Å². The molecule has 1 aromatic rings. The quantitative estimate of drug-likeness (QED) is 0.360. The van der Waals surface area contributed by atoms with Crippen molar-refractivity contribution >= 4 is 27.6 Å². The lowest BCUT2D eigenvalue weighted by atomic mass is 10.2. The number of sulfone groups is 1. The molecule has 0 aliphatic rings. The number of hydrogen-bond donors (Lipinski definition) is 1. The second-order valence-corrected chi connectivity index (χ2v) is 6.21. The Hall–Kier alpha value is -2.68. The third kappa shape index (κ3) is 5.51. The van der Waals surface area contributed by atoms with E-state index in [0.717, 1.165) is 12.5 Å². The van der Waals surface area contributed by atoms with Crippen LogP contribution in [0.15, 0.2) is 51.3 Å². The van der Waals surface area contributed by atoms with Gasteiger partial charge in [-0.3, -0.25) is 0 Å². The average Bonchev–Trinajstić information content (AvgIpc) is 2.58. The number of nitrogens with zero attached hydrogens (tertiary/aromatic N) is 1. The van der Waals surface area contributed by atoms with Crippen LogP contribution in [0.4, 0.5) is 4.79 Å². The Morgan fingerprint density at radius 3 is 2.42 bits per heavy atom. The third-order valence-electron chi connectivity index (χ3n) is 2.73. The number of ether oxygens (including phenoxy) is 2. The van der Waals surface area contributed by atoms with E-state index in [1.54, 1.807) is 25.1 Å². The second-order valence-electron chi connectivity index (χ2n) is 4.41. The highest BCUT2D eigenvalue weighted by Crippen LogP contribution is 2.15. The van der Waals surface area contributed by atoms with Crippen LogP contribution in [0.1, 0.15) is 13.8 Å². The zero-order valence-corrected chi connectivity index (χ0v) is 14.3. The van der Waals surface area contributed by atoms with Gasteiger partial charge in [0.1, 0.15) is 0 Å². The molecule has 0 saturated heterocycles. The SMILES string of the molecule is CCOC(=O)C(=C\S(=O)(=O)c1ccccc1)/C(C)=N/NC(=O)OC. The van der Waals surface area contributed by atoms with E-state index in [0.29, 0.717) is 0 Å². The van der Waals surface area contributed by atoms with Crippen LogP contribution in [0.25, 0.3) is 0 Å². The zero-order valence-electron chi connectivity index (χ0n) is 13.5. The summed E-state index contributed by atoms with van der Waals surface area (Å²) in [7, 11) is -2.76. The van der Waals surface area contributed by atoms with Gasteiger partial charge >= 0.3 is 12.1 Å². The van der Waals surface area contributed by atoms with Gasteiger partial charge in [-0.25, -0.2) is 23.4 Å². The summed E-state index contributed by atoms with van der Waals surface area (Å²) < 4.78 is 34.0. The predicted molar refractivity (Wildman–Crippen MR) is 87.0 cm³/mol. The molecule has 1 rings (SSSR count). The highest BCUT2D eigenvalue weighted by atomic mass is 32.2. The molecule has 1 amide bonds. The Kier molecular flexibility index (Phi) is 7.12. The number of carbonyl (C=O) groups is 2. The summed E-state index contributed by atoms with van der Waals surface area (Å²) in [5.41, 5.74) is 1.68. The molecule has 0 saturated carbocycles. The summed E-state index contributed by atoms with van der Waals surface area (Å²) in [6.07, 6.45) is -0.858. The van der Waals surface area contributed by atoms with Gasteiger partial charge < -0.3 is 9.47 Å². The Bertz CT molecular complexity index is 753. The Balaban J connectivity index is 3.28. The first-order valence-electron chi connectivity index (χ1n) is 6.89. The maximum absolute atomic E-state index is 12.4. The van der Waals surface area contributed by atoms with Crippen LogP contribution in [-0.4, -0.2) is 39.9 Å². The normalized spacial score (nSPS) is 12.5. The number of nitrogens with one attached hydrogen (secondary N) is 1. The molecular formula is C15H18N2O6S. The predicted octanol–water partition coefficient (Wildman–Crippen LogP) is 1.64. The van der Waals surface area contributed by atoms with Crippen LogP contribution in [0.3, 0.4) is 0 Å². The van der Waals surface area contributed by atoms with E-state index in [1.165, 1.54) is 19.1 Å². The number of benzene rings is 1. The number of methoxy groups -OCH3 is 1. The highest BCUT2D eigenvalue weighted by molar-refractivity contribution is 7.94. The van der Waals surface area contributed by atoms with E-state index in [4.69, 9.17) is 4.74 Å². The average molecular weight is 354 g/mol. The molecule has 0 aliphatic carbocycles. The Morgan fingerprint density at radius 2 is 1.88 bits per heavy atom. The molecule has 24 heavy (non-hydrogen) atoms. The van der Waals surface area contributed by atoms with Gasteiger partial charge in [-0.05, 0) is 26.0 Å². The number of hydrogen-bond acceptors (Lipinski definition) is 7. The van der Waals surface area contributed by atoms with Gasteiger partial charge in [-0.1, -0.05) is 18.2 Å². The lowest BCUT2D eigenvalue weighted by Crippen LogP contribution is -2.22. The van der Waals surface area contributed by atoms with Crippen LogP contribution >= 0.6 is 0 Å². The standard InChI is InChI=1S/C15H18N2O6S/c1-4-23-14(18)13(11(2)16-17-15(19)22-3)10-24(20,21)12-8-6-5-7-9-12/h5-10H,4H2,1-3H3,(H,17,19)/b13-10-,16-11+.